The van der Waals surface area contributed by atoms with Crippen LogP contribution in [0.15, 0.2) is 24.8 Å². The van der Waals surface area contributed by atoms with Gasteiger partial charge in [0.05, 0.1) is 24.3 Å². The minimum absolute atomic E-state index is 0.0787. The SMILES string of the molecule is Cc1nc(NCc2cnn(Cc3ncc(F)cn3)c2)nc2c1NC(=O)[C@H](C)N2C. The first-order chi connectivity index (χ1) is 13.9. The third-order valence-electron chi connectivity index (χ3n) is 4.73. The molecular weight excluding hydrogens is 377 g/mol. The van der Waals surface area contributed by atoms with Crippen LogP contribution >= 0.6 is 0 Å². The molecule has 150 valence electrons. The van der Waals surface area contributed by atoms with Crippen molar-refractivity contribution in [2.45, 2.75) is 33.0 Å². The Hall–Kier alpha value is -3.63. The number of nitrogens with one attached hydrogen (secondary N) is 2. The molecule has 4 rings (SSSR count). The van der Waals surface area contributed by atoms with Crippen LogP contribution in [0.5, 0.6) is 0 Å². The smallest absolute Gasteiger partial charge is 0.246 e. The Balaban J connectivity index is 1.45. The summed E-state index contributed by atoms with van der Waals surface area (Å²) in [5.41, 5.74) is 2.24. The van der Waals surface area contributed by atoms with Crippen molar-refractivity contribution in [2.24, 2.45) is 0 Å². The predicted octanol–water partition coefficient (Wildman–Crippen LogP) is 1.35. The monoisotopic (exact) mass is 397 g/mol. The van der Waals surface area contributed by atoms with Gasteiger partial charge in [-0.3, -0.25) is 9.48 Å². The molecule has 0 saturated heterocycles. The third-order valence-corrected chi connectivity index (χ3v) is 4.73. The standard InChI is InChI=1S/C18H20FN9O/c1-10-15-16(27(3)11(2)17(29)25-15)26-18(24-10)22-4-12-5-23-28(8-12)9-14-20-6-13(19)7-21-14/h5-8,11H,4,9H2,1-3H3,(H,25,29)(H,22,24,26)/t11-/m0/s1. The molecule has 10 nitrogen and oxygen atoms in total. The quantitative estimate of drug-likeness (QED) is 0.663. The van der Waals surface area contributed by atoms with E-state index in [1.54, 1.807) is 10.9 Å². The number of nitrogens with zero attached hydrogens (tertiary/aromatic N) is 7. The number of hydrogen-bond donors (Lipinski definition) is 2. The number of aryl methyl sites for hydroxylation is 1. The van der Waals surface area contributed by atoms with Crippen LogP contribution < -0.4 is 15.5 Å². The minimum Gasteiger partial charge on any atom is -0.350 e. The van der Waals surface area contributed by atoms with E-state index >= 15 is 0 Å². The van der Waals surface area contributed by atoms with E-state index in [4.69, 9.17) is 0 Å². The number of carbonyl (C=O) groups is 1. The summed E-state index contributed by atoms with van der Waals surface area (Å²) in [6.07, 6.45) is 5.82. The normalized spacial score (nSPS) is 15.8. The van der Waals surface area contributed by atoms with Crippen molar-refractivity contribution in [3.8, 4) is 0 Å². The van der Waals surface area contributed by atoms with Crippen molar-refractivity contribution in [1.82, 2.24) is 29.7 Å². The van der Waals surface area contributed by atoms with Gasteiger partial charge in [-0.15, -0.1) is 0 Å². The highest BCUT2D eigenvalue weighted by atomic mass is 19.1. The molecule has 11 heteroatoms. The number of hydrogen-bond acceptors (Lipinski definition) is 8. The van der Waals surface area contributed by atoms with Gasteiger partial charge in [0.25, 0.3) is 0 Å². The van der Waals surface area contributed by atoms with Gasteiger partial charge in [0.15, 0.2) is 11.6 Å². The van der Waals surface area contributed by atoms with Crippen LogP contribution in [0.3, 0.4) is 0 Å². The molecule has 3 aromatic heterocycles. The van der Waals surface area contributed by atoms with Gasteiger partial charge in [0.2, 0.25) is 11.9 Å². The van der Waals surface area contributed by atoms with Crippen molar-refractivity contribution >= 4 is 23.4 Å². The minimum atomic E-state index is -0.473. The van der Waals surface area contributed by atoms with Crippen LogP contribution in [0, 0.1) is 12.7 Å². The molecule has 0 aromatic carbocycles. The molecule has 0 fully saturated rings. The van der Waals surface area contributed by atoms with Gasteiger partial charge in [-0.05, 0) is 13.8 Å². The number of aromatic nitrogens is 6. The Bertz CT molecular complexity index is 1050. The lowest BCUT2D eigenvalue weighted by molar-refractivity contribution is -0.117. The van der Waals surface area contributed by atoms with E-state index in [1.807, 2.05) is 32.0 Å². The molecule has 1 aliphatic rings. The number of halogens is 1. The van der Waals surface area contributed by atoms with Crippen molar-refractivity contribution in [3.05, 3.63) is 47.7 Å². The van der Waals surface area contributed by atoms with E-state index < -0.39 is 5.82 Å². The van der Waals surface area contributed by atoms with E-state index in [0.717, 1.165) is 18.0 Å². The van der Waals surface area contributed by atoms with Gasteiger partial charge in [-0.1, -0.05) is 0 Å². The predicted molar refractivity (Wildman–Crippen MR) is 104 cm³/mol. The van der Waals surface area contributed by atoms with E-state index in [1.165, 1.54) is 0 Å². The van der Waals surface area contributed by atoms with Gasteiger partial charge in [0, 0.05) is 25.4 Å². The maximum absolute atomic E-state index is 12.9. The fourth-order valence-electron chi connectivity index (χ4n) is 2.96. The molecule has 0 aliphatic carbocycles. The first-order valence-corrected chi connectivity index (χ1v) is 9.04. The third kappa shape index (κ3) is 3.84. The van der Waals surface area contributed by atoms with Crippen molar-refractivity contribution in [2.75, 3.05) is 22.6 Å². The zero-order valence-electron chi connectivity index (χ0n) is 16.2. The summed E-state index contributed by atoms with van der Waals surface area (Å²) < 4.78 is 14.6. The number of carbonyl (C=O) groups excluding carboxylic acids is 1. The molecule has 1 aliphatic heterocycles. The highest BCUT2D eigenvalue weighted by Gasteiger charge is 2.30. The molecule has 3 aromatic rings. The number of rotatable bonds is 5. The summed E-state index contributed by atoms with van der Waals surface area (Å²) in [6.45, 7) is 4.46. The molecule has 2 N–H and O–H groups in total. The van der Waals surface area contributed by atoms with Crippen LogP contribution in [0.25, 0.3) is 0 Å². The van der Waals surface area contributed by atoms with E-state index in [2.05, 4.69) is 35.7 Å². The van der Waals surface area contributed by atoms with E-state index in [-0.39, 0.29) is 11.9 Å². The molecule has 29 heavy (non-hydrogen) atoms. The summed E-state index contributed by atoms with van der Waals surface area (Å²) in [4.78, 5) is 30.7. The Morgan fingerprint density at radius 3 is 2.76 bits per heavy atom. The zero-order valence-corrected chi connectivity index (χ0v) is 16.2. The average molecular weight is 397 g/mol. The van der Waals surface area contributed by atoms with Crippen LogP contribution in [-0.4, -0.2) is 48.7 Å². The van der Waals surface area contributed by atoms with Gasteiger partial charge in [-0.25, -0.2) is 19.3 Å². The number of anilines is 3. The van der Waals surface area contributed by atoms with Crippen molar-refractivity contribution in [3.63, 3.8) is 0 Å². The average Bonchev–Trinajstić information content (AvgIpc) is 3.15. The second kappa shape index (κ2) is 7.41. The zero-order chi connectivity index (χ0) is 20.5. The number of fused-ring (bicyclic) bond motifs is 1. The number of likely N-dealkylation sites (N-methyl/N-ethyl adjacent to an activating group) is 1. The second-order valence-corrected chi connectivity index (χ2v) is 6.82. The molecule has 4 heterocycles. The van der Waals surface area contributed by atoms with Gasteiger partial charge < -0.3 is 15.5 Å². The highest BCUT2D eigenvalue weighted by molar-refractivity contribution is 6.03. The molecule has 0 unspecified atom stereocenters. The largest absolute Gasteiger partial charge is 0.350 e. The summed E-state index contributed by atoms with van der Waals surface area (Å²) in [6, 6.07) is -0.309. The summed E-state index contributed by atoms with van der Waals surface area (Å²) in [5.74, 6) is 1.06. The van der Waals surface area contributed by atoms with Crippen molar-refractivity contribution < 1.29 is 9.18 Å². The summed E-state index contributed by atoms with van der Waals surface area (Å²) in [7, 11) is 1.83. The lowest BCUT2D eigenvalue weighted by atomic mass is 10.2. The second-order valence-electron chi connectivity index (χ2n) is 6.82. The summed E-state index contributed by atoms with van der Waals surface area (Å²) in [5, 5.41) is 10.3. The van der Waals surface area contributed by atoms with E-state index in [0.29, 0.717) is 42.1 Å². The highest BCUT2D eigenvalue weighted by Crippen LogP contribution is 2.32. The molecule has 0 spiro atoms. The molecule has 0 radical (unpaired) electrons. The maximum Gasteiger partial charge on any atom is 0.246 e. The first kappa shape index (κ1) is 18.7. The maximum atomic E-state index is 12.9. The molecule has 1 atom stereocenters. The van der Waals surface area contributed by atoms with Gasteiger partial charge >= 0.3 is 0 Å². The van der Waals surface area contributed by atoms with Crippen LogP contribution in [0.4, 0.5) is 21.8 Å². The van der Waals surface area contributed by atoms with Crippen LogP contribution in [0.1, 0.15) is 24.0 Å². The number of amides is 1. The lowest BCUT2D eigenvalue weighted by Gasteiger charge is -2.32. The van der Waals surface area contributed by atoms with E-state index in [9.17, 15) is 9.18 Å². The van der Waals surface area contributed by atoms with Crippen molar-refractivity contribution in [1.29, 1.82) is 0 Å². The fourth-order valence-corrected chi connectivity index (χ4v) is 2.96. The molecule has 0 bridgehead atoms. The fraction of sp³-hybridized carbons (Fsp3) is 0.333. The Morgan fingerprint density at radius 1 is 1.24 bits per heavy atom. The summed E-state index contributed by atoms with van der Waals surface area (Å²) >= 11 is 0. The first-order valence-electron chi connectivity index (χ1n) is 9.04. The topological polar surface area (TPSA) is 114 Å². The Kier molecular flexibility index (Phi) is 4.79. The van der Waals surface area contributed by atoms with Crippen LogP contribution in [-0.2, 0) is 17.9 Å². The molecule has 0 saturated carbocycles. The molecular formula is C18H20FN9O. The Labute approximate surface area is 166 Å². The lowest BCUT2D eigenvalue weighted by Crippen LogP contribution is -2.44. The van der Waals surface area contributed by atoms with Gasteiger partial charge in [-0.2, -0.15) is 10.1 Å². The van der Waals surface area contributed by atoms with Gasteiger partial charge in [0.1, 0.15) is 24.1 Å². The van der Waals surface area contributed by atoms with Crippen LogP contribution in [0.2, 0.25) is 0 Å². The molecule has 1 amide bonds. The Morgan fingerprint density at radius 2 is 2.00 bits per heavy atom.